The highest BCUT2D eigenvalue weighted by molar-refractivity contribution is 6.76. The van der Waals surface area contributed by atoms with E-state index in [0.717, 1.165) is 22.7 Å². The van der Waals surface area contributed by atoms with Crippen molar-refractivity contribution in [2.75, 3.05) is 6.61 Å². The zero-order valence-electron chi connectivity index (χ0n) is 18.8. The van der Waals surface area contributed by atoms with Crippen molar-refractivity contribution in [1.82, 2.24) is 14.8 Å². The van der Waals surface area contributed by atoms with E-state index >= 15 is 4.39 Å². The summed E-state index contributed by atoms with van der Waals surface area (Å²) < 4.78 is 22.9. The Hall–Kier alpha value is -3.09. The lowest BCUT2D eigenvalue weighted by molar-refractivity contribution is 0.0797. The van der Waals surface area contributed by atoms with Crippen molar-refractivity contribution in [3.8, 4) is 33.9 Å². The third kappa shape index (κ3) is 5.20. The smallest absolute Gasteiger partial charge is 0.181 e. The van der Waals surface area contributed by atoms with Crippen molar-refractivity contribution < 1.29 is 9.13 Å². The van der Waals surface area contributed by atoms with Gasteiger partial charge in [-0.1, -0.05) is 92.4 Å². The molecule has 0 N–H and O–H groups in total. The van der Waals surface area contributed by atoms with Crippen LogP contribution in [0, 0.1) is 5.82 Å². The van der Waals surface area contributed by atoms with Crippen LogP contribution in [0.1, 0.15) is 0 Å². The average Bonchev–Trinajstić information content (AvgIpc) is 3.21. The van der Waals surface area contributed by atoms with Gasteiger partial charge in [0.05, 0.1) is 5.56 Å². The molecular weight excluding hydrogens is 417 g/mol. The lowest BCUT2D eigenvalue weighted by atomic mass is 9.98. The Balaban J connectivity index is 1.77. The third-order valence-electron chi connectivity index (χ3n) is 5.24. The number of hydrogen-bond acceptors (Lipinski definition) is 3. The van der Waals surface area contributed by atoms with Crippen molar-refractivity contribution >= 4 is 8.07 Å². The molecular formula is C26H28FN3OSi. The number of aromatic nitrogens is 3. The lowest BCUT2D eigenvalue weighted by Gasteiger charge is -2.16. The van der Waals surface area contributed by atoms with Crippen LogP contribution in [0.3, 0.4) is 0 Å². The summed E-state index contributed by atoms with van der Waals surface area (Å²) in [6, 6.07) is 25.7. The fourth-order valence-electron chi connectivity index (χ4n) is 3.47. The van der Waals surface area contributed by atoms with Crippen molar-refractivity contribution in [3.05, 3.63) is 84.7 Å². The minimum absolute atomic E-state index is 0.224. The van der Waals surface area contributed by atoms with Gasteiger partial charge >= 0.3 is 0 Å². The number of rotatable bonds is 8. The van der Waals surface area contributed by atoms with Crippen molar-refractivity contribution in [2.24, 2.45) is 0 Å². The van der Waals surface area contributed by atoms with Crippen LogP contribution in [0.15, 0.2) is 78.9 Å². The molecule has 4 aromatic rings. The third-order valence-corrected chi connectivity index (χ3v) is 6.94. The number of benzene rings is 3. The Bertz CT molecular complexity index is 1170. The van der Waals surface area contributed by atoms with E-state index in [1.807, 2.05) is 66.7 Å². The molecule has 4 rings (SSSR count). The van der Waals surface area contributed by atoms with E-state index in [1.54, 1.807) is 10.7 Å². The predicted molar refractivity (Wildman–Crippen MR) is 130 cm³/mol. The molecule has 0 spiro atoms. The fourth-order valence-corrected chi connectivity index (χ4v) is 4.22. The summed E-state index contributed by atoms with van der Waals surface area (Å²) in [5.41, 5.74) is 3.02. The molecule has 0 atom stereocenters. The van der Waals surface area contributed by atoms with E-state index in [9.17, 15) is 0 Å². The molecule has 0 aliphatic heterocycles. The summed E-state index contributed by atoms with van der Waals surface area (Å²) in [6.45, 7) is 7.82. The molecule has 4 nitrogen and oxygen atoms in total. The van der Waals surface area contributed by atoms with Gasteiger partial charge in [-0.3, -0.25) is 0 Å². The molecule has 0 saturated heterocycles. The first-order chi connectivity index (χ1) is 15.4. The zero-order valence-corrected chi connectivity index (χ0v) is 19.8. The summed E-state index contributed by atoms with van der Waals surface area (Å²) in [5, 5.41) is 4.69. The van der Waals surface area contributed by atoms with E-state index in [1.165, 1.54) is 6.07 Å². The molecule has 1 heterocycles. The molecule has 1 aromatic heterocycles. The normalized spacial score (nSPS) is 11.6. The molecule has 0 fully saturated rings. The number of nitrogens with zero attached hydrogens (tertiary/aromatic N) is 3. The van der Waals surface area contributed by atoms with Crippen LogP contribution in [0.5, 0.6) is 0 Å². The van der Waals surface area contributed by atoms with Crippen LogP contribution >= 0.6 is 0 Å². The van der Waals surface area contributed by atoms with E-state index in [2.05, 4.69) is 19.6 Å². The van der Waals surface area contributed by atoms with Crippen LogP contribution in [0.4, 0.5) is 4.39 Å². The van der Waals surface area contributed by atoms with Gasteiger partial charge in [-0.25, -0.2) is 14.1 Å². The van der Waals surface area contributed by atoms with E-state index < -0.39 is 8.07 Å². The molecule has 0 unspecified atom stereocenters. The van der Waals surface area contributed by atoms with Crippen LogP contribution < -0.4 is 0 Å². The molecule has 3 aromatic carbocycles. The largest absolute Gasteiger partial charge is 0.359 e. The second-order valence-corrected chi connectivity index (χ2v) is 14.6. The molecule has 0 bridgehead atoms. The number of ether oxygens (including phenoxy) is 1. The highest BCUT2D eigenvalue weighted by atomic mass is 28.3. The topological polar surface area (TPSA) is 39.9 Å². The van der Waals surface area contributed by atoms with Gasteiger partial charge in [0, 0.05) is 20.2 Å². The summed E-state index contributed by atoms with van der Waals surface area (Å²) in [5.74, 6) is 0.687. The lowest BCUT2D eigenvalue weighted by Crippen LogP contribution is -2.22. The van der Waals surface area contributed by atoms with Gasteiger partial charge in [-0.2, -0.15) is 0 Å². The number of hydrogen-bond donors (Lipinski definition) is 0. The molecule has 32 heavy (non-hydrogen) atoms. The molecule has 0 aliphatic rings. The summed E-state index contributed by atoms with van der Waals surface area (Å²) in [7, 11) is -1.21. The Morgan fingerprint density at radius 2 is 1.50 bits per heavy atom. The second kappa shape index (κ2) is 9.59. The maximum atomic E-state index is 15.2. The fraction of sp³-hybridized carbons (Fsp3) is 0.231. The van der Waals surface area contributed by atoms with Crippen LogP contribution in [-0.2, 0) is 11.5 Å². The molecule has 0 amide bonds. The predicted octanol–water partition coefficient (Wildman–Crippen LogP) is 6.73. The standard InChI is InChI=1S/C26H28FN3OSi/c1-32(2,3)18-17-31-19-30-26(28-25(29-30)21-13-8-5-9-14-21)24-22(15-10-16-23(24)27)20-11-6-4-7-12-20/h4-16H,17-19H2,1-3H3. The quantitative estimate of drug-likeness (QED) is 0.223. The van der Waals surface area contributed by atoms with Gasteiger partial charge in [0.1, 0.15) is 12.5 Å². The van der Waals surface area contributed by atoms with E-state index in [0.29, 0.717) is 23.8 Å². The van der Waals surface area contributed by atoms with Crippen molar-refractivity contribution in [1.29, 1.82) is 0 Å². The molecule has 164 valence electrons. The van der Waals surface area contributed by atoms with Gasteiger partial charge < -0.3 is 4.74 Å². The van der Waals surface area contributed by atoms with Gasteiger partial charge in [0.25, 0.3) is 0 Å². The maximum absolute atomic E-state index is 15.2. The summed E-state index contributed by atoms with van der Waals surface area (Å²) in [6.07, 6.45) is 0. The first-order valence-corrected chi connectivity index (χ1v) is 14.6. The number of halogens is 1. The monoisotopic (exact) mass is 445 g/mol. The zero-order chi connectivity index (χ0) is 22.6. The van der Waals surface area contributed by atoms with Gasteiger partial charge in [0.15, 0.2) is 11.6 Å². The Morgan fingerprint density at radius 1 is 0.844 bits per heavy atom. The van der Waals surface area contributed by atoms with Crippen LogP contribution in [-0.4, -0.2) is 29.4 Å². The summed E-state index contributed by atoms with van der Waals surface area (Å²) >= 11 is 0. The highest BCUT2D eigenvalue weighted by Crippen LogP contribution is 2.34. The average molecular weight is 446 g/mol. The Kier molecular flexibility index (Phi) is 6.63. The Labute approximate surface area is 189 Å². The SMILES string of the molecule is C[Si](C)(C)CCOCn1nc(-c2ccccc2)nc1-c1c(F)cccc1-c1ccccc1. The van der Waals surface area contributed by atoms with Crippen LogP contribution in [0.2, 0.25) is 25.7 Å². The highest BCUT2D eigenvalue weighted by Gasteiger charge is 2.21. The van der Waals surface area contributed by atoms with Crippen molar-refractivity contribution in [2.45, 2.75) is 32.4 Å². The molecule has 0 radical (unpaired) electrons. The Morgan fingerprint density at radius 3 is 2.16 bits per heavy atom. The minimum Gasteiger partial charge on any atom is -0.359 e. The first kappa shape index (κ1) is 22.1. The molecule has 0 aliphatic carbocycles. The van der Waals surface area contributed by atoms with Crippen molar-refractivity contribution in [3.63, 3.8) is 0 Å². The second-order valence-electron chi connectivity index (χ2n) is 9.00. The van der Waals surface area contributed by atoms with Gasteiger partial charge in [-0.05, 0) is 23.2 Å². The van der Waals surface area contributed by atoms with Crippen LogP contribution in [0.25, 0.3) is 33.9 Å². The maximum Gasteiger partial charge on any atom is 0.181 e. The minimum atomic E-state index is -1.21. The van der Waals surface area contributed by atoms with Gasteiger partial charge in [-0.15, -0.1) is 5.10 Å². The van der Waals surface area contributed by atoms with E-state index in [4.69, 9.17) is 14.8 Å². The van der Waals surface area contributed by atoms with Gasteiger partial charge in [0.2, 0.25) is 0 Å². The summed E-state index contributed by atoms with van der Waals surface area (Å²) in [4.78, 5) is 4.77. The molecule has 0 saturated carbocycles. The first-order valence-electron chi connectivity index (χ1n) is 10.8. The molecule has 6 heteroatoms. The van der Waals surface area contributed by atoms with E-state index in [-0.39, 0.29) is 12.5 Å².